The number of aliphatic carboxylic acids is 1. The normalized spacial score (nSPS) is 13.2. The maximum absolute atomic E-state index is 13.4. The summed E-state index contributed by atoms with van der Waals surface area (Å²) >= 11 is 0. The van der Waals surface area contributed by atoms with Crippen molar-refractivity contribution in [2.24, 2.45) is 0 Å². The molecule has 0 fully saturated rings. The molecule has 0 radical (unpaired) electrons. The molecule has 1 aliphatic carbocycles. The van der Waals surface area contributed by atoms with Crippen LogP contribution in [0.5, 0.6) is 0 Å². The van der Waals surface area contributed by atoms with Crippen LogP contribution in [-0.2, 0) is 19.1 Å². The van der Waals surface area contributed by atoms with E-state index in [9.17, 15) is 32.3 Å². The lowest BCUT2D eigenvalue weighted by molar-refractivity contribution is -0.160. The first kappa shape index (κ1) is 25.5. The molecule has 2 aromatic carbocycles. The zero-order chi connectivity index (χ0) is 25.6. The number of carbonyl (C=O) groups is 4. The molecule has 12 heteroatoms. The fourth-order valence-electron chi connectivity index (χ4n) is 3.70. The van der Waals surface area contributed by atoms with Gasteiger partial charge in [-0.1, -0.05) is 48.5 Å². The van der Waals surface area contributed by atoms with E-state index >= 15 is 0 Å². The Bertz CT molecular complexity index is 1080. The van der Waals surface area contributed by atoms with Crippen molar-refractivity contribution in [3.63, 3.8) is 0 Å². The van der Waals surface area contributed by atoms with Gasteiger partial charge >= 0.3 is 18.2 Å². The van der Waals surface area contributed by atoms with Crippen molar-refractivity contribution in [1.29, 1.82) is 0 Å². The first-order valence-electron chi connectivity index (χ1n) is 10.5. The predicted octanol–water partition coefficient (Wildman–Crippen LogP) is 2.16. The molecule has 0 spiro atoms. The number of ether oxygens (including phenoxy) is 1. The maximum Gasteiger partial charge on any atom is 0.409 e. The first-order valence-corrected chi connectivity index (χ1v) is 10.5. The zero-order valence-corrected chi connectivity index (χ0v) is 18.2. The van der Waals surface area contributed by atoms with E-state index in [4.69, 9.17) is 9.84 Å². The van der Waals surface area contributed by atoms with Crippen LogP contribution in [0.15, 0.2) is 48.5 Å². The molecule has 0 aliphatic heterocycles. The van der Waals surface area contributed by atoms with E-state index in [0.717, 1.165) is 22.3 Å². The number of alkyl carbamates (subject to hydrolysis) is 1. The van der Waals surface area contributed by atoms with Crippen molar-refractivity contribution in [2.75, 3.05) is 19.7 Å². The summed E-state index contributed by atoms with van der Waals surface area (Å²) in [7, 11) is 0. The molecule has 35 heavy (non-hydrogen) atoms. The van der Waals surface area contributed by atoms with Gasteiger partial charge in [-0.05, 0) is 22.3 Å². The monoisotopic (exact) mass is 493 g/mol. The number of hydrogen-bond donors (Lipinski definition) is 4. The largest absolute Gasteiger partial charge is 0.480 e. The highest BCUT2D eigenvalue weighted by Gasteiger charge is 2.42. The molecule has 1 aliphatic rings. The number of rotatable bonds is 9. The van der Waals surface area contributed by atoms with Gasteiger partial charge in [0.15, 0.2) is 0 Å². The Morgan fingerprint density at radius 2 is 1.43 bits per heavy atom. The van der Waals surface area contributed by atoms with Crippen LogP contribution in [0.25, 0.3) is 11.1 Å². The van der Waals surface area contributed by atoms with E-state index in [1.54, 1.807) is 5.32 Å². The summed E-state index contributed by atoms with van der Waals surface area (Å²) in [5, 5.41) is 14.0. The molecular formula is C23H22F3N3O6. The number of benzene rings is 2. The molecule has 4 N–H and O–H groups in total. The van der Waals surface area contributed by atoms with Crippen LogP contribution in [0.1, 0.15) is 23.5 Å². The summed E-state index contributed by atoms with van der Waals surface area (Å²) in [6.07, 6.45) is -7.50. The lowest BCUT2D eigenvalue weighted by Gasteiger charge is -2.22. The molecular weight excluding hydrogens is 471 g/mol. The second kappa shape index (κ2) is 10.9. The number of carboxylic acid groups (broad SMARTS) is 1. The van der Waals surface area contributed by atoms with Gasteiger partial charge in [0.05, 0.1) is 13.0 Å². The van der Waals surface area contributed by atoms with Gasteiger partial charge in [0, 0.05) is 5.92 Å². The van der Waals surface area contributed by atoms with Crippen molar-refractivity contribution in [1.82, 2.24) is 16.0 Å². The summed E-state index contributed by atoms with van der Waals surface area (Å²) in [5.41, 5.74) is 3.67. The Labute approximate surface area is 197 Å². The van der Waals surface area contributed by atoms with Crippen LogP contribution in [0.4, 0.5) is 18.0 Å². The van der Waals surface area contributed by atoms with Gasteiger partial charge in [-0.3, -0.25) is 14.4 Å². The Balaban J connectivity index is 1.56. The molecule has 9 nitrogen and oxygen atoms in total. The number of hydrogen-bond acceptors (Lipinski definition) is 5. The van der Waals surface area contributed by atoms with Crippen LogP contribution in [0.3, 0.4) is 0 Å². The number of fused-ring (bicyclic) bond motifs is 3. The minimum Gasteiger partial charge on any atom is -0.480 e. The molecule has 2 aromatic rings. The third kappa shape index (κ3) is 6.71. The SMILES string of the molecule is O=C(O)CNC(=O)CNC(=O)CC(NC(=O)OCC1c2ccccc2-c2ccccc21)C(F)(F)F. The highest BCUT2D eigenvalue weighted by Crippen LogP contribution is 2.44. The Kier molecular flexibility index (Phi) is 7.94. The minimum atomic E-state index is -4.96. The highest BCUT2D eigenvalue weighted by atomic mass is 19.4. The lowest BCUT2D eigenvalue weighted by atomic mass is 9.98. The molecule has 0 saturated carbocycles. The quantitative estimate of drug-likeness (QED) is 0.423. The number of amides is 3. The zero-order valence-electron chi connectivity index (χ0n) is 18.2. The number of alkyl halides is 3. The van der Waals surface area contributed by atoms with Crippen LogP contribution >= 0.6 is 0 Å². The van der Waals surface area contributed by atoms with Crippen molar-refractivity contribution in [3.05, 3.63) is 59.7 Å². The molecule has 3 rings (SSSR count). The van der Waals surface area contributed by atoms with E-state index in [0.29, 0.717) is 0 Å². The van der Waals surface area contributed by atoms with Gasteiger partial charge in [-0.15, -0.1) is 0 Å². The molecule has 0 aromatic heterocycles. The van der Waals surface area contributed by atoms with Gasteiger partial charge in [0.2, 0.25) is 11.8 Å². The molecule has 0 bridgehead atoms. The van der Waals surface area contributed by atoms with E-state index in [2.05, 4.69) is 0 Å². The molecule has 1 unspecified atom stereocenters. The number of halogens is 3. The van der Waals surface area contributed by atoms with Gasteiger partial charge in [-0.2, -0.15) is 13.2 Å². The Hall–Kier alpha value is -4.09. The first-order chi connectivity index (χ1) is 16.6. The Morgan fingerprint density at radius 3 is 1.97 bits per heavy atom. The second-order valence-electron chi connectivity index (χ2n) is 7.72. The van der Waals surface area contributed by atoms with Crippen LogP contribution < -0.4 is 16.0 Å². The van der Waals surface area contributed by atoms with Crippen LogP contribution in [-0.4, -0.2) is 60.9 Å². The van der Waals surface area contributed by atoms with Gasteiger partial charge in [-0.25, -0.2) is 4.79 Å². The summed E-state index contributed by atoms with van der Waals surface area (Å²) < 4.78 is 45.3. The molecule has 186 valence electrons. The molecule has 0 heterocycles. The fourth-order valence-corrected chi connectivity index (χ4v) is 3.70. The maximum atomic E-state index is 13.4. The van der Waals surface area contributed by atoms with Crippen molar-refractivity contribution in [2.45, 2.75) is 24.6 Å². The van der Waals surface area contributed by atoms with Crippen molar-refractivity contribution in [3.8, 4) is 11.1 Å². The summed E-state index contributed by atoms with van der Waals surface area (Å²) in [4.78, 5) is 45.8. The van der Waals surface area contributed by atoms with E-state index in [1.807, 2.05) is 59.2 Å². The van der Waals surface area contributed by atoms with Crippen LogP contribution in [0, 0.1) is 0 Å². The summed E-state index contributed by atoms with van der Waals surface area (Å²) in [6, 6.07) is 12.3. The van der Waals surface area contributed by atoms with E-state index in [-0.39, 0.29) is 12.5 Å². The molecule has 0 saturated heterocycles. The topological polar surface area (TPSA) is 134 Å². The average Bonchev–Trinajstić information content (AvgIpc) is 3.13. The second-order valence-corrected chi connectivity index (χ2v) is 7.72. The van der Waals surface area contributed by atoms with E-state index in [1.165, 1.54) is 0 Å². The third-order valence-electron chi connectivity index (χ3n) is 5.30. The summed E-state index contributed by atoms with van der Waals surface area (Å²) in [6.45, 7) is -1.63. The summed E-state index contributed by atoms with van der Waals surface area (Å²) in [5.74, 6) is -3.75. The number of carbonyl (C=O) groups excluding carboxylic acids is 3. The van der Waals surface area contributed by atoms with Gasteiger partial charge in [0.25, 0.3) is 0 Å². The smallest absolute Gasteiger partial charge is 0.409 e. The van der Waals surface area contributed by atoms with E-state index < -0.39 is 55.6 Å². The number of carboxylic acids is 1. The van der Waals surface area contributed by atoms with Gasteiger partial charge in [0.1, 0.15) is 19.2 Å². The average molecular weight is 493 g/mol. The minimum absolute atomic E-state index is 0.208. The Morgan fingerprint density at radius 1 is 0.886 bits per heavy atom. The van der Waals surface area contributed by atoms with Crippen LogP contribution in [0.2, 0.25) is 0 Å². The fraction of sp³-hybridized carbons (Fsp3) is 0.304. The third-order valence-corrected chi connectivity index (χ3v) is 5.30. The standard InChI is InChI=1S/C23H22F3N3O6/c24-23(25,26)18(9-19(30)27-10-20(31)28-11-21(32)33)29-22(34)35-12-17-15-7-3-1-5-13(15)14-6-2-4-8-16(14)17/h1-8,17-18H,9-12H2,(H,27,30)(H,28,31)(H,29,34)(H,32,33). The van der Waals surface area contributed by atoms with Gasteiger partial charge < -0.3 is 25.8 Å². The van der Waals surface area contributed by atoms with Crippen molar-refractivity contribution >= 4 is 23.9 Å². The van der Waals surface area contributed by atoms with Crippen molar-refractivity contribution < 1.29 is 42.2 Å². The lowest BCUT2D eigenvalue weighted by Crippen LogP contribution is -2.49. The molecule has 1 atom stereocenters. The highest BCUT2D eigenvalue weighted by molar-refractivity contribution is 5.87. The predicted molar refractivity (Wildman–Crippen MR) is 116 cm³/mol. The number of nitrogens with one attached hydrogen (secondary N) is 3. The molecule has 3 amide bonds.